The van der Waals surface area contributed by atoms with Crippen LogP contribution in [0.3, 0.4) is 0 Å². The summed E-state index contributed by atoms with van der Waals surface area (Å²) in [5.41, 5.74) is 13.1. The van der Waals surface area contributed by atoms with Gasteiger partial charge in [0.25, 0.3) is 0 Å². The largest absolute Gasteiger partial charge is 0.402 e. The van der Waals surface area contributed by atoms with Gasteiger partial charge in [-0.15, -0.1) is 0 Å². The van der Waals surface area contributed by atoms with E-state index in [4.69, 9.17) is 29.9 Å². The van der Waals surface area contributed by atoms with Gasteiger partial charge < -0.3 is 0 Å². The molecule has 2 heterocycles. The number of pyridine rings is 2. The second kappa shape index (κ2) is 17.5. The van der Waals surface area contributed by atoms with Crippen molar-refractivity contribution < 1.29 is 13.2 Å². The Morgan fingerprint density at radius 1 is 0.433 bits per heavy atom. The van der Waals surface area contributed by atoms with Crippen LogP contribution in [-0.4, -0.2) is 39.0 Å². The number of nitrogens with zero attached hydrogens (tertiary/aromatic N) is 6. The van der Waals surface area contributed by atoms with E-state index in [9.17, 15) is 0 Å². The average molecular weight is 805 g/mol. The number of benzene rings is 4. The van der Waals surface area contributed by atoms with Crippen LogP contribution in [0.4, 0.5) is 35.9 Å². The van der Waals surface area contributed by atoms with E-state index in [1.54, 1.807) is 24.3 Å². The standard InChI is InChI=1S/C51H51F3N6/c1-30-26-32(3)48(33(4)27-30)57-38(9)46-16-12-14-44(59-46)36(7)55-42-22-18-40(19-23-42)50(11,51(52,53)54)41-20-24-43(25-21-41)56-37(8)45-15-13-17-47(60-45)39(10)58-49-34(5)28-31(2)29-35(49)6/h12-29H,1-11H3. The van der Waals surface area contributed by atoms with Gasteiger partial charge in [0.1, 0.15) is 5.41 Å². The first kappa shape index (κ1) is 43.2. The van der Waals surface area contributed by atoms with Gasteiger partial charge in [0.05, 0.1) is 68.4 Å². The Kier molecular flexibility index (Phi) is 12.6. The van der Waals surface area contributed by atoms with Gasteiger partial charge in [-0.05, 0) is 158 Å². The molecule has 6 rings (SSSR count). The van der Waals surface area contributed by atoms with Gasteiger partial charge in [0, 0.05) is 0 Å². The molecule has 0 saturated carbocycles. The van der Waals surface area contributed by atoms with Gasteiger partial charge in [0.15, 0.2) is 0 Å². The molecule has 6 aromatic rings. The molecule has 0 aliphatic carbocycles. The van der Waals surface area contributed by atoms with Gasteiger partial charge in [-0.3, -0.25) is 20.0 Å². The minimum absolute atomic E-state index is 0.0989. The number of hydrogen-bond donors (Lipinski definition) is 0. The Bertz CT molecular complexity index is 2460. The molecular formula is C51H51F3N6. The number of alkyl halides is 3. The van der Waals surface area contributed by atoms with Crippen LogP contribution in [0.2, 0.25) is 0 Å². The lowest BCUT2D eigenvalue weighted by molar-refractivity contribution is -0.173. The fourth-order valence-electron chi connectivity index (χ4n) is 7.56. The highest BCUT2D eigenvalue weighted by Gasteiger charge is 2.53. The molecule has 0 saturated heterocycles. The molecule has 0 spiro atoms. The second-order valence-corrected chi connectivity index (χ2v) is 15.8. The van der Waals surface area contributed by atoms with Gasteiger partial charge in [-0.25, -0.2) is 9.97 Å². The van der Waals surface area contributed by atoms with Crippen molar-refractivity contribution in [3.8, 4) is 0 Å². The van der Waals surface area contributed by atoms with E-state index < -0.39 is 11.6 Å². The van der Waals surface area contributed by atoms with Crippen molar-refractivity contribution in [1.29, 1.82) is 0 Å². The third-order valence-corrected chi connectivity index (χ3v) is 10.9. The first-order valence-electron chi connectivity index (χ1n) is 19.9. The zero-order valence-electron chi connectivity index (χ0n) is 36.2. The van der Waals surface area contributed by atoms with E-state index in [-0.39, 0.29) is 11.1 Å². The molecule has 0 amide bonds. The zero-order chi connectivity index (χ0) is 43.5. The Balaban J connectivity index is 1.21. The van der Waals surface area contributed by atoms with E-state index in [0.29, 0.717) is 34.2 Å². The molecule has 2 aromatic heterocycles. The minimum atomic E-state index is -4.59. The van der Waals surface area contributed by atoms with Crippen LogP contribution in [0.25, 0.3) is 0 Å². The number of aromatic nitrogens is 2. The highest BCUT2D eigenvalue weighted by Crippen LogP contribution is 2.46. The molecule has 6 nitrogen and oxygen atoms in total. The Morgan fingerprint density at radius 3 is 1.00 bits per heavy atom. The Labute approximate surface area is 351 Å². The molecule has 0 radical (unpaired) electrons. The van der Waals surface area contributed by atoms with Crippen LogP contribution < -0.4 is 0 Å². The van der Waals surface area contributed by atoms with Gasteiger partial charge in [-0.2, -0.15) is 13.2 Å². The van der Waals surface area contributed by atoms with Gasteiger partial charge in [-0.1, -0.05) is 71.8 Å². The van der Waals surface area contributed by atoms with Crippen molar-refractivity contribution in [3.63, 3.8) is 0 Å². The molecule has 306 valence electrons. The molecule has 0 fully saturated rings. The molecule has 9 heteroatoms. The predicted octanol–water partition coefficient (Wildman–Crippen LogP) is 13.8. The summed E-state index contributed by atoms with van der Waals surface area (Å²) in [5, 5.41) is 0. The zero-order valence-corrected chi connectivity index (χ0v) is 36.2. The van der Waals surface area contributed by atoms with E-state index >= 15 is 13.2 Å². The molecule has 0 N–H and O–H groups in total. The second-order valence-electron chi connectivity index (χ2n) is 15.8. The van der Waals surface area contributed by atoms with Gasteiger partial charge >= 0.3 is 6.18 Å². The van der Waals surface area contributed by atoms with E-state index in [1.807, 2.05) is 64.1 Å². The fourth-order valence-corrected chi connectivity index (χ4v) is 7.56. The fraction of sp³-hybridized carbons (Fsp3) is 0.255. The maximum absolute atomic E-state index is 15.1. The van der Waals surface area contributed by atoms with Crippen LogP contribution >= 0.6 is 0 Å². The predicted molar refractivity (Wildman–Crippen MR) is 243 cm³/mol. The maximum Gasteiger partial charge on any atom is 0.402 e. The third-order valence-electron chi connectivity index (χ3n) is 10.9. The molecule has 0 bridgehead atoms. The first-order chi connectivity index (χ1) is 28.3. The van der Waals surface area contributed by atoms with Crippen LogP contribution in [-0.2, 0) is 5.41 Å². The molecular weight excluding hydrogens is 754 g/mol. The SMILES string of the molecule is CC(=Nc1ccc(C(C)(c2ccc(N=C(C)c3cccc(C(C)=Nc4c(C)cc(C)cc4C)n3)cc2)C(F)(F)F)cc1)c1cccc(C(C)=Nc2c(C)cc(C)cc2C)n1. The quantitative estimate of drug-likeness (QED) is 0.129. The van der Waals surface area contributed by atoms with E-state index in [1.165, 1.54) is 42.3 Å². The van der Waals surface area contributed by atoms with Crippen molar-refractivity contribution in [3.05, 3.63) is 176 Å². The Morgan fingerprint density at radius 2 is 0.717 bits per heavy atom. The Hall–Kier alpha value is -6.35. The number of rotatable bonds is 10. The first-order valence-corrected chi connectivity index (χ1v) is 19.9. The summed E-state index contributed by atoms with van der Waals surface area (Å²) < 4.78 is 45.2. The lowest BCUT2D eigenvalue weighted by Crippen LogP contribution is -2.40. The summed E-state index contributed by atoms with van der Waals surface area (Å²) in [6.45, 7) is 21.1. The number of hydrogen-bond acceptors (Lipinski definition) is 6. The summed E-state index contributed by atoms with van der Waals surface area (Å²) in [5.74, 6) is 0. The van der Waals surface area contributed by atoms with Crippen LogP contribution in [0, 0.1) is 41.5 Å². The van der Waals surface area contributed by atoms with Crippen molar-refractivity contribution in [2.24, 2.45) is 20.0 Å². The van der Waals surface area contributed by atoms with Crippen LogP contribution in [0.1, 0.15) is 102 Å². The molecule has 0 atom stereocenters. The molecule has 60 heavy (non-hydrogen) atoms. The maximum atomic E-state index is 15.1. The van der Waals surface area contributed by atoms with Crippen molar-refractivity contribution in [2.45, 2.75) is 87.8 Å². The summed E-state index contributed by atoms with van der Waals surface area (Å²) in [4.78, 5) is 28.9. The summed E-state index contributed by atoms with van der Waals surface area (Å²) in [6.07, 6.45) is -4.59. The minimum Gasteiger partial charge on any atom is -0.252 e. The highest BCUT2D eigenvalue weighted by molar-refractivity contribution is 6.03. The number of halogens is 3. The van der Waals surface area contributed by atoms with Gasteiger partial charge in [0.2, 0.25) is 0 Å². The summed E-state index contributed by atoms with van der Waals surface area (Å²) in [7, 11) is 0. The molecule has 0 unspecified atom stereocenters. The summed E-state index contributed by atoms with van der Waals surface area (Å²) >= 11 is 0. The van der Waals surface area contributed by atoms with E-state index in [0.717, 1.165) is 56.4 Å². The lowest BCUT2D eigenvalue weighted by Gasteiger charge is -2.33. The van der Waals surface area contributed by atoms with Crippen LogP contribution in [0.5, 0.6) is 0 Å². The molecule has 0 aliphatic rings. The van der Waals surface area contributed by atoms with E-state index in [2.05, 4.69) is 65.8 Å². The lowest BCUT2D eigenvalue weighted by atomic mass is 9.75. The number of aryl methyl sites for hydroxylation is 6. The smallest absolute Gasteiger partial charge is 0.252 e. The average Bonchev–Trinajstić information content (AvgIpc) is 3.20. The number of aliphatic imine (C=N–C) groups is 4. The monoisotopic (exact) mass is 804 g/mol. The normalized spacial score (nSPS) is 14.0. The third kappa shape index (κ3) is 9.41. The molecule has 4 aromatic carbocycles. The molecule has 0 aliphatic heterocycles. The topological polar surface area (TPSA) is 75.2 Å². The highest BCUT2D eigenvalue weighted by atomic mass is 19.4. The van der Waals surface area contributed by atoms with Crippen molar-refractivity contribution in [1.82, 2.24) is 9.97 Å². The van der Waals surface area contributed by atoms with Crippen LogP contribution in [0.15, 0.2) is 129 Å². The van der Waals surface area contributed by atoms with Crippen molar-refractivity contribution >= 4 is 45.6 Å². The van der Waals surface area contributed by atoms with Crippen molar-refractivity contribution in [2.75, 3.05) is 0 Å². The summed E-state index contributed by atoms with van der Waals surface area (Å²) in [6, 6.07) is 32.2.